The number of allylic oxidation sites excluding steroid dienone is 9. The van der Waals surface area contributed by atoms with Crippen LogP contribution < -0.4 is 4.90 Å². The Morgan fingerprint density at radius 3 is 2.34 bits per heavy atom. The second kappa shape index (κ2) is 11.8. The number of anilines is 1. The summed E-state index contributed by atoms with van der Waals surface area (Å²) in [5, 5.41) is 1.44. The highest BCUT2D eigenvalue weighted by Gasteiger charge is 2.24. The number of fused-ring (bicyclic) bond motifs is 3. The number of hydrogen-bond acceptors (Lipinski definition) is 1. The maximum Gasteiger partial charge on any atom is 0.0560 e. The van der Waals surface area contributed by atoms with Crippen molar-refractivity contribution in [2.75, 3.05) is 4.90 Å². The van der Waals surface area contributed by atoms with Gasteiger partial charge in [-0.15, -0.1) is 0 Å². The molecular formula is C42H40N2. The van der Waals surface area contributed by atoms with Crippen molar-refractivity contribution in [3.63, 3.8) is 0 Å². The second-order valence-corrected chi connectivity index (χ2v) is 12.6. The van der Waals surface area contributed by atoms with E-state index in [1.165, 1.54) is 76.1 Å². The van der Waals surface area contributed by atoms with Crippen molar-refractivity contribution in [2.45, 2.75) is 63.3 Å². The van der Waals surface area contributed by atoms with Gasteiger partial charge in [0.15, 0.2) is 0 Å². The van der Waals surface area contributed by atoms with Crippen LogP contribution in [0.25, 0.3) is 16.6 Å². The van der Waals surface area contributed by atoms with Crippen LogP contribution >= 0.6 is 0 Å². The fourth-order valence-corrected chi connectivity index (χ4v) is 7.70. The Morgan fingerprint density at radius 1 is 0.727 bits per heavy atom. The molecule has 0 radical (unpaired) electrons. The van der Waals surface area contributed by atoms with Crippen molar-refractivity contribution in [2.24, 2.45) is 0 Å². The summed E-state index contributed by atoms with van der Waals surface area (Å²) in [6, 6.07) is 29.5. The third-order valence-electron chi connectivity index (χ3n) is 9.94. The molecule has 4 aliphatic carbocycles. The number of rotatable bonds is 6. The maximum atomic E-state index is 2.53. The molecule has 0 aliphatic heterocycles. The van der Waals surface area contributed by atoms with Gasteiger partial charge in [0.2, 0.25) is 0 Å². The molecule has 0 bridgehead atoms. The number of aryl methyl sites for hydroxylation is 1. The van der Waals surface area contributed by atoms with E-state index < -0.39 is 0 Å². The van der Waals surface area contributed by atoms with E-state index in [0.717, 1.165) is 25.7 Å². The molecule has 44 heavy (non-hydrogen) atoms. The number of para-hydroxylation sites is 2. The largest absolute Gasteiger partial charge is 0.335 e. The standard InChI is InChI=1S/C42H40N2/c1-3-11-31(12-4-1)32-19-25-36(26-20-32)43(35-13-5-2-6-14-35)37-27-21-33(22-28-37)34-23-29-38(30-24-34)44-41-17-9-7-15-39(41)40-16-8-10-18-42(40)44/h1-3,5-7,9,11,13-15,17,19-21,23-25,27-30,33,36H,4,8,10,12,16,18,22,26H2. The van der Waals surface area contributed by atoms with Crippen LogP contribution in [0.1, 0.15) is 61.3 Å². The Morgan fingerprint density at radius 2 is 1.57 bits per heavy atom. The average Bonchev–Trinajstić information content (AvgIpc) is 3.44. The molecule has 0 spiro atoms. The van der Waals surface area contributed by atoms with E-state index in [-0.39, 0.29) is 0 Å². The van der Waals surface area contributed by atoms with Crippen LogP contribution in [0.2, 0.25) is 0 Å². The molecule has 4 aliphatic rings. The highest BCUT2D eigenvalue weighted by molar-refractivity contribution is 5.87. The Kier molecular flexibility index (Phi) is 7.28. The van der Waals surface area contributed by atoms with E-state index in [2.05, 4.69) is 143 Å². The molecule has 0 saturated heterocycles. The molecule has 218 valence electrons. The number of benzene rings is 3. The van der Waals surface area contributed by atoms with Gasteiger partial charge in [-0.2, -0.15) is 0 Å². The van der Waals surface area contributed by atoms with E-state index in [1.807, 2.05) is 0 Å². The van der Waals surface area contributed by atoms with Gasteiger partial charge in [-0.1, -0.05) is 97.1 Å². The highest BCUT2D eigenvalue weighted by atomic mass is 15.2. The maximum absolute atomic E-state index is 2.53. The molecule has 0 fully saturated rings. The summed E-state index contributed by atoms with van der Waals surface area (Å²) in [6.45, 7) is 0. The number of hydrogen-bond donors (Lipinski definition) is 0. The summed E-state index contributed by atoms with van der Waals surface area (Å²) in [6.07, 6.45) is 30.4. The molecular weight excluding hydrogens is 532 g/mol. The molecule has 0 N–H and O–H groups in total. The zero-order valence-corrected chi connectivity index (χ0v) is 25.4. The summed E-state index contributed by atoms with van der Waals surface area (Å²) in [7, 11) is 0. The van der Waals surface area contributed by atoms with Gasteiger partial charge < -0.3 is 9.47 Å². The first-order valence-electron chi connectivity index (χ1n) is 16.5. The van der Waals surface area contributed by atoms with Crippen LogP contribution in [-0.2, 0) is 12.8 Å². The fraction of sp³-hybridized carbons (Fsp3) is 0.238. The molecule has 2 heteroatoms. The lowest BCUT2D eigenvalue weighted by Gasteiger charge is -2.35. The topological polar surface area (TPSA) is 8.17 Å². The Hall–Kier alpha value is -4.56. The zero-order valence-electron chi connectivity index (χ0n) is 25.4. The van der Waals surface area contributed by atoms with Crippen LogP contribution in [-0.4, -0.2) is 10.6 Å². The quantitative estimate of drug-likeness (QED) is 0.223. The summed E-state index contributed by atoms with van der Waals surface area (Å²) in [4.78, 5) is 2.52. The first kappa shape index (κ1) is 27.0. The summed E-state index contributed by atoms with van der Waals surface area (Å²) in [5.41, 5.74) is 12.5. The Bertz CT molecular complexity index is 1860. The molecule has 2 unspecified atom stereocenters. The van der Waals surface area contributed by atoms with Crippen LogP contribution in [0, 0.1) is 0 Å². The smallest absolute Gasteiger partial charge is 0.0560 e. The normalized spacial score (nSPS) is 21.0. The van der Waals surface area contributed by atoms with E-state index in [4.69, 9.17) is 0 Å². The Labute approximate surface area is 261 Å². The lowest BCUT2D eigenvalue weighted by atomic mass is 9.89. The van der Waals surface area contributed by atoms with Crippen molar-refractivity contribution < 1.29 is 0 Å². The molecule has 1 aromatic heterocycles. The minimum atomic E-state index is 0.301. The van der Waals surface area contributed by atoms with Crippen molar-refractivity contribution in [3.8, 4) is 5.69 Å². The summed E-state index contributed by atoms with van der Waals surface area (Å²) in [5.74, 6) is 0.389. The molecule has 0 saturated carbocycles. The number of aromatic nitrogens is 1. The average molecular weight is 573 g/mol. The van der Waals surface area contributed by atoms with E-state index >= 15 is 0 Å². The van der Waals surface area contributed by atoms with Gasteiger partial charge in [-0.25, -0.2) is 0 Å². The molecule has 2 atom stereocenters. The van der Waals surface area contributed by atoms with Crippen LogP contribution in [0.4, 0.5) is 5.69 Å². The van der Waals surface area contributed by atoms with Crippen molar-refractivity contribution in [1.82, 2.24) is 4.57 Å². The first-order chi connectivity index (χ1) is 21.8. The molecule has 8 rings (SSSR count). The van der Waals surface area contributed by atoms with Crippen LogP contribution in [0.5, 0.6) is 0 Å². The lowest BCUT2D eigenvalue weighted by Crippen LogP contribution is -2.34. The molecule has 4 aromatic rings. The van der Waals surface area contributed by atoms with Gasteiger partial charge >= 0.3 is 0 Å². The second-order valence-electron chi connectivity index (χ2n) is 12.6. The monoisotopic (exact) mass is 572 g/mol. The van der Waals surface area contributed by atoms with Gasteiger partial charge in [0.25, 0.3) is 0 Å². The van der Waals surface area contributed by atoms with E-state index in [0.29, 0.717) is 12.0 Å². The van der Waals surface area contributed by atoms with Crippen molar-refractivity contribution in [3.05, 3.63) is 167 Å². The molecule has 1 heterocycles. The van der Waals surface area contributed by atoms with Crippen LogP contribution in [0.15, 0.2) is 150 Å². The van der Waals surface area contributed by atoms with Crippen molar-refractivity contribution in [1.29, 1.82) is 0 Å². The molecule has 2 nitrogen and oxygen atoms in total. The van der Waals surface area contributed by atoms with Gasteiger partial charge in [0, 0.05) is 34.1 Å². The van der Waals surface area contributed by atoms with Crippen molar-refractivity contribution >= 4 is 16.6 Å². The van der Waals surface area contributed by atoms with Crippen LogP contribution in [0.3, 0.4) is 0 Å². The minimum Gasteiger partial charge on any atom is -0.335 e. The first-order valence-corrected chi connectivity index (χ1v) is 16.5. The van der Waals surface area contributed by atoms with Gasteiger partial charge in [-0.05, 0) is 110 Å². The predicted octanol–water partition coefficient (Wildman–Crippen LogP) is 10.5. The third-order valence-corrected chi connectivity index (χ3v) is 9.94. The van der Waals surface area contributed by atoms with Gasteiger partial charge in [0.05, 0.1) is 11.6 Å². The zero-order chi connectivity index (χ0) is 29.3. The van der Waals surface area contributed by atoms with Gasteiger partial charge in [-0.3, -0.25) is 0 Å². The third kappa shape index (κ3) is 5.03. The van der Waals surface area contributed by atoms with Gasteiger partial charge in [0.1, 0.15) is 0 Å². The molecule has 0 amide bonds. The fourth-order valence-electron chi connectivity index (χ4n) is 7.70. The Balaban J connectivity index is 1.03. The van der Waals surface area contributed by atoms with E-state index in [1.54, 1.807) is 5.56 Å². The minimum absolute atomic E-state index is 0.301. The molecule has 3 aromatic carbocycles. The highest BCUT2D eigenvalue weighted by Crippen LogP contribution is 2.37. The van der Waals surface area contributed by atoms with E-state index in [9.17, 15) is 0 Å². The SMILES string of the molecule is C1=CCCC(C2=CCC(N(C3=CCC(c4ccc(-n5c6c(c7ccccc75)CCCC6)cc4)C=C3)c3ccccc3)C=C2)=C1. The summed E-state index contributed by atoms with van der Waals surface area (Å²) >= 11 is 0. The number of nitrogens with zero attached hydrogens (tertiary/aromatic N) is 2. The summed E-state index contributed by atoms with van der Waals surface area (Å²) < 4.78 is 2.53. The predicted molar refractivity (Wildman–Crippen MR) is 186 cm³/mol. The lowest BCUT2D eigenvalue weighted by molar-refractivity contribution is 0.667.